The Morgan fingerprint density at radius 2 is 0.897 bits per heavy atom. The zero-order valence-corrected chi connectivity index (χ0v) is 22.2. The predicted octanol–water partition coefficient (Wildman–Crippen LogP) is 9.73. The third kappa shape index (κ3) is 2.96. The number of anilines is 2. The van der Waals surface area contributed by atoms with E-state index in [0.717, 1.165) is 0 Å². The molecule has 0 bridgehead atoms. The van der Waals surface area contributed by atoms with Crippen LogP contribution in [-0.2, 0) is 5.41 Å². The second kappa shape index (κ2) is 8.19. The van der Waals surface area contributed by atoms with Crippen molar-refractivity contribution in [1.29, 1.82) is 0 Å². The Morgan fingerprint density at radius 1 is 0.436 bits per heavy atom. The molecule has 0 aromatic heterocycles. The highest BCUT2D eigenvalue weighted by Gasteiger charge is 2.51. The predicted molar refractivity (Wildman–Crippen MR) is 164 cm³/mol. The first-order valence-corrected chi connectivity index (χ1v) is 13.9. The van der Waals surface area contributed by atoms with Crippen LogP contribution in [0.1, 0.15) is 36.1 Å². The van der Waals surface area contributed by atoms with Gasteiger partial charge in [0.2, 0.25) is 0 Å². The van der Waals surface area contributed by atoms with Gasteiger partial charge in [0.25, 0.3) is 0 Å². The summed E-state index contributed by atoms with van der Waals surface area (Å²) >= 11 is 0. The van der Waals surface area contributed by atoms with Crippen molar-refractivity contribution in [3.8, 4) is 22.3 Å². The normalized spacial score (nSPS) is 13.8. The molecular formula is C38H29N. The molecular weight excluding hydrogens is 470 g/mol. The standard InChI is InChI=1S/C38H29N/c1-25(2)39(28-20-19-26-11-3-4-12-27(26)23-28)29-21-22-33-32-15-7-10-18-36(32)38(37(33)24-29)34-16-8-5-13-30(34)31-14-6-9-17-35(31)38/h3-25H,1-2H3. The van der Waals surface area contributed by atoms with Crippen LogP contribution in [0.2, 0.25) is 0 Å². The molecule has 0 unspecified atom stereocenters. The van der Waals surface area contributed by atoms with Crippen molar-refractivity contribution in [3.63, 3.8) is 0 Å². The van der Waals surface area contributed by atoms with E-state index in [9.17, 15) is 0 Å². The number of fused-ring (bicyclic) bond motifs is 11. The molecule has 2 aliphatic carbocycles. The molecule has 1 nitrogen and oxygen atoms in total. The van der Waals surface area contributed by atoms with E-state index in [2.05, 4.69) is 152 Å². The molecule has 0 heterocycles. The SMILES string of the molecule is CC(C)N(c1ccc2c(c1)C1(c3ccccc3-c3ccccc31)c1ccccc1-2)c1ccc2ccccc2c1. The van der Waals surface area contributed by atoms with Gasteiger partial charge in [-0.2, -0.15) is 0 Å². The fourth-order valence-corrected chi connectivity index (χ4v) is 7.30. The lowest BCUT2D eigenvalue weighted by molar-refractivity contribution is 0.776. The van der Waals surface area contributed by atoms with Crippen molar-refractivity contribution in [2.24, 2.45) is 0 Å². The van der Waals surface area contributed by atoms with E-state index in [0.29, 0.717) is 6.04 Å². The summed E-state index contributed by atoms with van der Waals surface area (Å²) in [7, 11) is 0. The maximum absolute atomic E-state index is 2.48. The van der Waals surface area contributed by atoms with Crippen LogP contribution in [0.5, 0.6) is 0 Å². The number of hydrogen-bond donors (Lipinski definition) is 0. The Morgan fingerprint density at radius 3 is 1.49 bits per heavy atom. The van der Waals surface area contributed by atoms with E-state index in [-0.39, 0.29) is 5.41 Å². The minimum atomic E-state index is -0.318. The van der Waals surface area contributed by atoms with Crippen molar-refractivity contribution in [1.82, 2.24) is 0 Å². The molecule has 186 valence electrons. The maximum Gasteiger partial charge on any atom is 0.0726 e. The monoisotopic (exact) mass is 499 g/mol. The smallest absolute Gasteiger partial charge is 0.0726 e. The van der Waals surface area contributed by atoms with Gasteiger partial charge in [-0.3, -0.25) is 0 Å². The van der Waals surface area contributed by atoms with Crippen LogP contribution >= 0.6 is 0 Å². The van der Waals surface area contributed by atoms with Crippen molar-refractivity contribution < 1.29 is 0 Å². The second-order valence-electron chi connectivity index (χ2n) is 11.1. The van der Waals surface area contributed by atoms with Crippen LogP contribution in [0, 0.1) is 0 Å². The summed E-state index contributed by atoms with van der Waals surface area (Å²) in [6.07, 6.45) is 0. The summed E-state index contributed by atoms with van der Waals surface area (Å²) in [6, 6.07) is 50.0. The first-order chi connectivity index (χ1) is 19.2. The molecule has 0 atom stereocenters. The lowest BCUT2D eigenvalue weighted by Gasteiger charge is -2.33. The fraction of sp³-hybridized carbons (Fsp3) is 0.105. The number of hydrogen-bond acceptors (Lipinski definition) is 1. The van der Waals surface area contributed by atoms with Crippen LogP contribution in [0.3, 0.4) is 0 Å². The number of rotatable bonds is 3. The Balaban J connectivity index is 1.41. The van der Waals surface area contributed by atoms with Gasteiger partial charge in [-0.1, -0.05) is 109 Å². The zero-order chi connectivity index (χ0) is 26.1. The van der Waals surface area contributed by atoms with E-state index in [4.69, 9.17) is 0 Å². The Bertz CT molecular complexity index is 1850. The van der Waals surface area contributed by atoms with Crippen LogP contribution < -0.4 is 4.90 Å². The van der Waals surface area contributed by atoms with Gasteiger partial charge in [-0.25, -0.2) is 0 Å². The molecule has 0 N–H and O–H groups in total. The highest BCUT2D eigenvalue weighted by Crippen LogP contribution is 2.63. The van der Waals surface area contributed by atoms with Gasteiger partial charge in [0.1, 0.15) is 0 Å². The lowest BCUT2D eigenvalue weighted by Crippen LogP contribution is -2.28. The van der Waals surface area contributed by atoms with E-state index in [1.165, 1.54) is 66.7 Å². The highest BCUT2D eigenvalue weighted by molar-refractivity contribution is 5.96. The molecule has 6 aromatic rings. The average molecular weight is 500 g/mol. The van der Waals surface area contributed by atoms with Crippen LogP contribution in [0.4, 0.5) is 11.4 Å². The molecule has 0 aliphatic heterocycles. The second-order valence-corrected chi connectivity index (χ2v) is 11.1. The summed E-state index contributed by atoms with van der Waals surface area (Å²) in [4.78, 5) is 2.48. The Hall–Kier alpha value is -4.62. The van der Waals surface area contributed by atoms with Crippen molar-refractivity contribution in [2.45, 2.75) is 25.3 Å². The van der Waals surface area contributed by atoms with Crippen LogP contribution in [0.15, 0.2) is 133 Å². The molecule has 1 spiro atoms. The zero-order valence-electron chi connectivity index (χ0n) is 22.2. The minimum Gasteiger partial charge on any atom is -0.339 e. The molecule has 8 rings (SSSR count). The third-order valence-electron chi connectivity index (χ3n) is 8.79. The molecule has 6 aromatic carbocycles. The van der Waals surface area contributed by atoms with E-state index in [1.54, 1.807) is 0 Å². The molecule has 0 fully saturated rings. The van der Waals surface area contributed by atoms with Gasteiger partial charge >= 0.3 is 0 Å². The molecule has 0 saturated carbocycles. The van der Waals surface area contributed by atoms with E-state index in [1.807, 2.05) is 0 Å². The van der Waals surface area contributed by atoms with Gasteiger partial charge in [0.15, 0.2) is 0 Å². The van der Waals surface area contributed by atoms with E-state index >= 15 is 0 Å². The topological polar surface area (TPSA) is 3.24 Å². The quantitative estimate of drug-likeness (QED) is 0.234. The van der Waals surface area contributed by atoms with Crippen molar-refractivity contribution >= 4 is 22.1 Å². The van der Waals surface area contributed by atoms with E-state index < -0.39 is 0 Å². The Kier molecular flexibility index (Phi) is 4.70. The summed E-state index contributed by atoms with van der Waals surface area (Å²) in [5.74, 6) is 0. The lowest BCUT2D eigenvalue weighted by atomic mass is 9.70. The molecule has 39 heavy (non-hydrogen) atoms. The summed E-state index contributed by atoms with van der Waals surface area (Å²) in [6.45, 7) is 4.57. The summed E-state index contributed by atoms with van der Waals surface area (Å²) < 4.78 is 0. The van der Waals surface area contributed by atoms with Gasteiger partial charge in [0, 0.05) is 17.4 Å². The van der Waals surface area contributed by atoms with Gasteiger partial charge < -0.3 is 4.90 Å². The molecule has 0 radical (unpaired) electrons. The maximum atomic E-state index is 2.48. The summed E-state index contributed by atoms with van der Waals surface area (Å²) in [5.41, 5.74) is 13.0. The minimum absolute atomic E-state index is 0.298. The van der Waals surface area contributed by atoms with Gasteiger partial charge in [-0.05, 0) is 93.4 Å². The van der Waals surface area contributed by atoms with Crippen LogP contribution in [0.25, 0.3) is 33.0 Å². The van der Waals surface area contributed by atoms with Crippen molar-refractivity contribution in [2.75, 3.05) is 4.90 Å². The Labute approximate surface area is 230 Å². The molecule has 2 aliphatic rings. The summed E-state index contributed by atoms with van der Waals surface area (Å²) in [5, 5.41) is 2.54. The first kappa shape index (κ1) is 22.4. The third-order valence-corrected chi connectivity index (χ3v) is 8.79. The van der Waals surface area contributed by atoms with Crippen LogP contribution in [-0.4, -0.2) is 6.04 Å². The number of nitrogens with zero attached hydrogens (tertiary/aromatic N) is 1. The number of benzene rings is 6. The molecule has 0 saturated heterocycles. The van der Waals surface area contributed by atoms with Crippen molar-refractivity contribution in [3.05, 3.63) is 156 Å². The average Bonchev–Trinajstić information content (AvgIpc) is 3.44. The van der Waals surface area contributed by atoms with Gasteiger partial charge in [0.05, 0.1) is 5.41 Å². The highest BCUT2D eigenvalue weighted by atomic mass is 15.2. The molecule has 0 amide bonds. The first-order valence-electron chi connectivity index (χ1n) is 13.9. The van der Waals surface area contributed by atoms with Gasteiger partial charge in [-0.15, -0.1) is 0 Å². The largest absolute Gasteiger partial charge is 0.339 e. The molecule has 1 heteroatoms. The fourth-order valence-electron chi connectivity index (χ4n) is 7.30.